The van der Waals surface area contributed by atoms with Crippen LogP contribution >= 0.6 is 0 Å². The molecule has 0 aliphatic carbocycles. The van der Waals surface area contributed by atoms with Crippen LogP contribution in [0.2, 0.25) is 0 Å². The van der Waals surface area contributed by atoms with Crippen LogP contribution in [0.25, 0.3) is 11.1 Å². The van der Waals surface area contributed by atoms with Crippen molar-refractivity contribution in [1.29, 1.82) is 0 Å². The maximum Gasteiger partial charge on any atom is 0.126 e. The van der Waals surface area contributed by atoms with Crippen molar-refractivity contribution in [2.75, 3.05) is 20.2 Å². The van der Waals surface area contributed by atoms with Crippen molar-refractivity contribution < 1.29 is 4.74 Å². The van der Waals surface area contributed by atoms with Crippen molar-refractivity contribution in [3.63, 3.8) is 0 Å². The zero-order chi connectivity index (χ0) is 13.8. The molecule has 0 saturated carbocycles. The fraction of sp³-hybridized carbons (Fsp3) is 0.438. The molecule has 2 N–H and O–H groups in total. The van der Waals surface area contributed by atoms with E-state index in [4.69, 9.17) is 4.74 Å². The maximum atomic E-state index is 5.46. The molecule has 20 heavy (non-hydrogen) atoms. The number of piperidine rings is 1. The lowest BCUT2D eigenvalue weighted by Gasteiger charge is -2.22. The molecule has 3 rings (SSSR count). The van der Waals surface area contributed by atoms with Gasteiger partial charge in [-0.05, 0) is 44.3 Å². The molecule has 1 aromatic carbocycles. The zero-order valence-electron chi connectivity index (χ0n) is 11.9. The van der Waals surface area contributed by atoms with Crippen LogP contribution in [0.15, 0.2) is 30.5 Å². The van der Waals surface area contributed by atoms with Crippen LogP contribution in [-0.2, 0) is 6.42 Å². The molecule has 1 aliphatic rings. The van der Waals surface area contributed by atoms with Crippen LogP contribution in [0, 0.1) is 5.92 Å². The maximum absolute atomic E-state index is 5.46. The van der Waals surface area contributed by atoms with Gasteiger partial charge in [0.2, 0.25) is 0 Å². The Bertz CT molecular complexity index is 558. The second-order valence-electron chi connectivity index (χ2n) is 5.36. The molecule has 0 atom stereocenters. The molecule has 1 aliphatic heterocycles. The van der Waals surface area contributed by atoms with Crippen LogP contribution < -0.4 is 10.1 Å². The minimum Gasteiger partial charge on any atom is -0.496 e. The van der Waals surface area contributed by atoms with Crippen LogP contribution in [0.1, 0.15) is 18.5 Å². The third-order valence-corrected chi connectivity index (χ3v) is 4.07. The lowest BCUT2D eigenvalue weighted by molar-refractivity contribution is 0.370. The molecule has 0 bridgehead atoms. The molecule has 0 amide bonds. The topological polar surface area (TPSA) is 49.9 Å². The smallest absolute Gasteiger partial charge is 0.126 e. The Morgan fingerprint density at radius 1 is 1.20 bits per heavy atom. The fourth-order valence-electron chi connectivity index (χ4n) is 2.94. The molecule has 1 aromatic heterocycles. The lowest BCUT2D eigenvalue weighted by Crippen LogP contribution is -2.28. The average Bonchev–Trinajstić information content (AvgIpc) is 2.96. The van der Waals surface area contributed by atoms with Gasteiger partial charge in [0, 0.05) is 16.8 Å². The molecule has 2 heterocycles. The first-order chi connectivity index (χ1) is 9.88. The summed E-state index contributed by atoms with van der Waals surface area (Å²) >= 11 is 0. The molecule has 4 heteroatoms. The summed E-state index contributed by atoms with van der Waals surface area (Å²) in [5, 5.41) is 10.8. The van der Waals surface area contributed by atoms with Gasteiger partial charge in [0.05, 0.1) is 13.3 Å². The second-order valence-corrected chi connectivity index (χ2v) is 5.36. The molecule has 2 aromatic rings. The monoisotopic (exact) mass is 271 g/mol. The number of benzene rings is 1. The van der Waals surface area contributed by atoms with Crippen LogP contribution in [0.3, 0.4) is 0 Å². The highest BCUT2D eigenvalue weighted by atomic mass is 16.5. The molecular formula is C16H21N3O. The molecule has 0 spiro atoms. The van der Waals surface area contributed by atoms with Crippen molar-refractivity contribution in [1.82, 2.24) is 15.5 Å². The summed E-state index contributed by atoms with van der Waals surface area (Å²) in [7, 11) is 1.71. The van der Waals surface area contributed by atoms with Crippen molar-refractivity contribution in [2.24, 2.45) is 5.92 Å². The number of aromatic amines is 1. The minimum atomic E-state index is 0.741. The number of ether oxygens (including phenoxy) is 1. The van der Waals surface area contributed by atoms with Crippen molar-refractivity contribution in [2.45, 2.75) is 19.3 Å². The Hall–Kier alpha value is -1.81. The van der Waals surface area contributed by atoms with Gasteiger partial charge in [0.1, 0.15) is 5.75 Å². The Morgan fingerprint density at radius 2 is 2.00 bits per heavy atom. The highest BCUT2D eigenvalue weighted by molar-refractivity contribution is 5.71. The van der Waals surface area contributed by atoms with Gasteiger partial charge >= 0.3 is 0 Å². The number of methoxy groups -OCH3 is 1. The average molecular weight is 271 g/mol. The zero-order valence-corrected chi connectivity index (χ0v) is 11.9. The molecule has 0 radical (unpaired) electrons. The van der Waals surface area contributed by atoms with E-state index in [0.717, 1.165) is 36.7 Å². The van der Waals surface area contributed by atoms with Gasteiger partial charge in [-0.1, -0.05) is 18.2 Å². The number of aromatic nitrogens is 2. The predicted molar refractivity (Wildman–Crippen MR) is 79.9 cm³/mol. The van der Waals surface area contributed by atoms with Gasteiger partial charge in [-0.25, -0.2) is 0 Å². The summed E-state index contributed by atoms with van der Waals surface area (Å²) in [6.45, 7) is 2.26. The van der Waals surface area contributed by atoms with Gasteiger partial charge in [0.25, 0.3) is 0 Å². The van der Waals surface area contributed by atoms with Gasteiger partial charge < -0.3 is 10.1 Å². The fourth-order valence-corrected chi connectivity index (χ4v) is 2.94. The highest BCUT2D eigenvalue weighted by Crippen LogP contribution is 2.32. The highest BCUT2D eigenvalue weighted by Gasteiger charge is 2.18. The number of H-pyrrole nitrogens is 1. The Kier molecular flexibility index (Phi) is 4.02. The molecule has 106 valence electrons. The molecule has 0 unspecified atom stereocenters. The first-order valence-corrected chi connectivity index (χ1v) is 7.25. The summed E-state index contributed by atoms with van der Waals surface area (Å²) < 4.78 is 5.46. The molecule has 4 nitrogen and oxygen atoms in total. The van der Waals surface area contributed by atoms with Crippen LogP contribution in [-0.4, -0.2) is 30.4 Å². The molecule has 1 saturated heterocycles. The first-order valence-electron chi connectivity index (χ1n) is 7.25. The van der Waals surface area contributed by atoms with Crippen LogP contribution in [0.5, 0.6) is 5.75 Å². The van der Waals surface area contributed by atoms with Crippen molar-refractivity contribution in [3.05, 3.63) is 36.2 Å². The Balaban J connectivity index is 1.85. The molecule has 1 fully saturated rings. The SMILES string of the molecule is COc1ccccc1-c1cn[nH]c1CC1CCNCC1. The normalized spacial score (nSPS) is 16.2. The van der Waals surface area contributed by atoms with Gasteiger partial charge in [0.15, 0.2) is 0 Å². The summed E-state index contributed by atoms with van der Waals surface area (Å²) in [5.74, 6) is 1.64. The predicted octanol–water partition coefficient (Wildman–Crippen LogP) is 2.63. The summed E-state index contributed by atoms with van der Waals surface area (Å²) in [5.41, 5.74) is 3.51. The largest absolute Gasteiger partial charge is 0.496 e. The van der Waals surface area contributed by atoms with E-state index in [1.165, 1.54) is 24.1 Å². The van der Waals surface area contributed by atoms with E-state index in [0.29, 0.717) is 0 Å². The lowest BCUT2D eigenvalue weighted by atomic mass is 9.91. The number of hydrogen-bond donors (Lipinski definition) is 2. The van der Waals surface area contributed by atoms with E-state index in [9.17, 15) is 0 Å². The van der Waals surface area contributed by atoms with Crippen molar-refractivity contribution in [3.8, 4) is 16.9 Å². The van der Waals surface area contributed by atoms with Gasteiger partial charge in [-0.2, -0.15) is 5.10 Å². The standard InChI is InChI=1S/C16H21N3O/c1-20-16-5-3-2-4-13(16)14-11-18-19-15(14)10-12-6-8-17-9-7-12/h2-5,11-12,17H,6-10H2,1H3,(H,18,19). The van der Waals surface area contributed by atoms with E-state index in [1.54, 1.807) is 7.11 Å². The van der Waals surface area contributed by atoms with Gasteiger partial charge in [-0.15, -0.1) is 0 Å². The van der Waals surface area contributed by atoms with E-state index in [1.807, 2.05) is 24.4 Å². The number of hydrogen-bond acceptors (Lipinski definition) is 3. The number of nitrogens with one attached hydrogen (secondary N) is 2. The summed E-state index contributed by atoms with van der Waals surface area (Å²) in [6, 6.07) is 8.13. The summed E-state index contributed by atoms with van der Waals surface area (Å²) in [6.07, 6.45) is 5.46. The van der Waals surface area contributed by atoms with E-state index >= 15 is 0 Å². The molecular weight excluding hydrogens is 250 g/mol. The van der Waals surface area contributed by atoms with E-state index in [2.05, 4.69) is 21.6 Å². The van der Waals surface area contributed by atoms with Gasteiger partial charge in [-0.3, -0.25) is 5.10 Å². The Labute approximate surface area is 119 Å². The minimum absolute atomic E-state index is 0.741. The number of rotatable bonds is 4. The Morgan fingerprint density at radius 3 is 2.80 bits per heavy atom. The second kappa shape index (κ2) is 6.09. The quantitative estimate of drug-likeness (QED) is 0.898. The van der Waals surface area contributed by atoms with Crippen molar-refractivity contribution >= 4 is 0 Å². The first kappa shape index (κ1) is 13.2. The third-order valence-electron chi connectivity index (χ3n) is 4.07. The number of para-hydroxylation sites is 1. The van der Waals surface area contributed by atoms with E-state index < -0.39 is 0 Å². The summed E-state index contributed by atoms with van der Waals surface area (Å²) in [4.78, 5) is 0. The van der Waals surface area contributed by atoms with Crippen LogP contribution in [0.4, 0.5) is 0 Å². The number of nitrogens with zero attached hydrogens (tertiary/aromatic N) is 1. The van der Waals surface area contributed by atoms with E-state index in [-0.39, 0.29) is 0 Å². The third kappa shape index (κ3) is 2.70.